The zero-order valence-electron chi connectivity index (χ0n) is 20.5. The monoisotopic (exact) mass is 494 g/mol. The molecular formula is C29H35ClN2O3. The Kier molecular flexibility index (Phi) is 7.06. The van der Waals surface area contributed by atoms with Gasteiger partial charge in [0.15, 0.2) is 0 Å². The summed E-state index contributed by atoms with van der Waals surface area (Å²) < 4.78 is 5.85. The van der Waals surface area contributed by atoms with E-state index in [0.717, 1.165) is 18.5 Å². The van der Waals surface area contributed by atoms with Crippen molar-refractivity contribution in [2.45, 2.75) is 57.4 Å². The fraction of sp³-hybridized carbons (Fsp3) is 0.517. The van der Waals surface area contributed by atoms with Crippen molar-refractivity contribution in [1.82, 2.24) is 9.80 Å². The lowest BCUT2D eigenvalue weighted by molar-refractivity contribution is -0.133. The number of carbonyl (C=O) groups is 2. The number of rotatable bonds is 8. The largest absolute Gasteiger partial charge is 0.492 e. The summed E-state index contributed by atoms with van der Waals surface area (Å²) in [6, 6.07) is 15.4. The minimum atomic E-state index is -0.0295. The summed E-state index contributed by atoms with van der Waals surface area (Å²) in [5, 5.41) is 0.635. The van der Waals surface area contributed by atoms with Crippen LogP contribution in [-0.2, 0) is 11.2 Å². The molecule has 0 bridgehead atoms. The highest BCUT2D eigenvalue weighted by Gasteiger charge is 2.47. The standard InChI is InChI=1S/C29H35ClN2O3/c1-31(27(33)21-5-3-2-4-6-21)17-18-35-25-8-7-22(26(30)20-25)19-23-11-16-32(28(23)34)24-9-12-29(13-10-24)14-15-29/h2-8,20,23-24H,9-19H2,1H3. The van der Waals surface area contributed by atoms with Crippen LogP contribution in [0, 0.1) is 11.3 Å². The van der Waals surface area contributed by atoms with Gasteiger partial charge in [-0.1, -0.05) is 35.9 Å². The van der Waals surface area contributed by atoms with E-state index in [1.165, 1.54) is 38.5 Å². The molecule has 6 heteroatoms. The molecular weight excluding hydrogens is 460 g/mol. The second kappa shape index (κ2) is 10.2. The van der Waals surface area contributed by atoms with Crippen molar-refractivity contribution in [1.29, 1.82) is 0 Å². The number of ether oxygens (including phenoxy) is 1. The van der Waals surface area contributed by atoms with E-state index in [-0.39, 0.29) is 11.8 Å². The highest BCUT2D eigenvalue weighted by Crippen LogP contribution is 2.56. The molecule has 5 nitrogen and oxygen atoms in total. The predicted octanol–water partition coefficient (Wildman–Crippen LogP) is 5.60. The number of carbonyl (C=O) groups excluding carboxylic acids is 2. The Balaban J connectivity index is 1.10. The first-order valence-corrected chi connectivity index (χ1v) is 13.3. The van der Waals surface area contributed by atoms with Crippen LogP contribution in [-0.4, -0.2) is 54.4 Å². The Morgan fingerprint density at radius 1 is 1.09 bits per heavy atom. The van der Waals surface area contributed by atoms with Crippen molar-refractivity contribution in [3.63, 3.8) is 0 Å². The molecule has 0 N–H and O–H groups in total. The lowest BCUT2D eigenvalue weighted by Crippen LogP contribution is -2.40. The Labute approximate surface area is 213 Å². The molecule has 2 aliphatic carbocycles. The third-order valence-electron chi connectivity index (χ3n) is 8.32. The summed E-state index contributed by atoms with van der Waals surface area (Å²) in [6.07, 6.45) is 9.35. The molecule has 3 aliphatic rings. The number of likely N-dealkylation sites (N-methyl/N-ethyl adjacent to an activating group) is 1. The van der Waals surface area contributed by atoms with E-state index in [9.17, 15) is 9.59 Å². The second-order valence-corrected chi connectivity index (χ2v) is 11.1. The molecule has 1 atom stereocenters. The molecule has 35 heavy (non-hydrogen) atoms. The molecule has 2 saturated carbocycles. The first-order chi connectivity index (χ1) is 16.9. The van der Waals surface area contributed by atoms with Gasteiger partial charge in [-0.25, -0.2) is 0 Å². The van der Waals surface area contributed by atoms with Crippen molar-refractivity contribution >= 4 is 23.4 Å². The molecule has 1 heterocycles. The maximum atomic E-state index is 13.2. The van der Waals surface area contributed by atoms with Gasteiger partial charge in [-0.15, -0.1) is 0 Å². The van der Waals surface area contributed by atoms with Gasteiger partial charge < -0.3 is 14.5 Å². The van der Waals surface area contributed by atoms with E-state index < -0.39 is 0 Å². The Morgan fingerprint density at radius 2 is 1.83 bits per heavy atom. The van der Waals surface area contributed by atoms with E-state index in [4.69, 9.17) is 16.3 Å². The molecule has 0 radical (unpaired) electrons. The SMILES string of the molecule is CN(CCOc1ccc(CC2CCN(C3CCC4(CC3)CC4)C2=O)c(Cl)c1)C(=O)c1ccccc1. The van der Waals surface area contributed by atoms with Crippen molar-refractivity contribution < 1.29 is 14.3 Å². The van der Waals surface area contributed by atoms with Crippen LogP contribution in [0.25, 0.3) is 0 Å². The summed E-state index contributed by atoms with van der Waals surface area (Å²) in [4.78, 5) is 29.4. The lowest BCUT2D eigenvalue weighted by atomic mass is 9.83. The van der Waals surface area contributed by atoms with Crippen LogP contribution in [0.5, 0.6) is 5.75 Å². The quantitative estimate of drug-likeness (QED) is 0.479. The molecule has 1 saturated heterocycles. The van der Waals surface area contributed by atoms with Crippen LogP contribution in [0.3, 0.4) is 0 Å². The molecule has 3 fully saturated rings. The van der Waals surface area contributed by atoms with E-state index >= 15 is 0 Å². The summed E-state index contributed by atoms with van der Waals surface area (Å²) >= 11 is 6.58. The molecule has 2 aromatic carbocycles. The average molecular weight is 495 g/mol. The first-order valence-electron chi connectivity index (χ1n) is 13.0. The van der Waals surface area contributed by atoms with Crippen molar-refractivity contribution in [3.05, 3.63) is 64.7 Å². The fourth-order valence-electron chi connectivity index (χ4n) is 5.77. The third kappa shape index (κ3) is 5.50. The van der Waals surface area contributed by atoms with Gasteiger partial charge in [0, 0.05) is 36.1 Å². The molecule has 186 valence electrons. The minimum absolute atomic E-state index is 0.0220. The summed E-state index contributed by atoms with van der Waals surface area (Å²) in [5.41, 5.74) is 2.32. The van der Waals surface area contributed by atoms with Crippen LogP contribution < -0.4 is 4.74 Å². The molecule has 2 aromatic rings. The number of likely N-dealkylation sites (tertiary alicyclic amines) is 1. The normalized spacial score (nSPS) is 21.4. The highest BCUT2D eigenvalue weighted by atomic mass is 35.5. The first kappa shape index (κ1) is 24.2. The van der Waals surface area contributed by atoms with Crippen molar-refractivity contribution in [3.8, 4) is 5.75 Å². The smallest absolute Gasteiger partial charge is 0.253 e. The zero-order chi connectivity index (χ0) is 24.4. The van der Waals surface area contributed by atoms with Gasteiger partial charge in [-0.3, -0.25) is 9.59 Å². The topological polar surface area (TPSA) is 49.9 Å². The van der Waals surface area contributed by atoms with Gasteiger partial charge in [0.1, 0.15) is 12.4 Å². The maximum absolute atomic E-state index is 13.2. The van der Waals surface area contributed by atoms with E-state index in [1.54, 1.807) is 11.9 Å². The van der Waals surface area contributed by atoms with Gasteiger partial charge in [0.2, 0.25) is 5.91 Å². The van der Waals surface area contributed by atoms with Crippen LogP contribution in [0.15, 0.2) is 48.5 Å². The van der Waals surface area contributed by atoms with E-state index in [2.05, 4.69) is 4.90 Å². The average Bonchev–Trinajstić information content (AvgIpc) is 3.54. The molecule has 0 aromatic heterocycles. The Bertz CT molecular complexity index is 1060. The number of benzene rings is 2. The third-order valence-corrected chi connectivity index (χ3v) is 8.67. The molecule has 5 rings (SSSR count). The van der Waals surface area contributed by atoms with Crippen molar-refractivity contribution in [2.24, 2.45) is 11.3 Å². The minimum Gasteiger partial charge on any atom is -0.492 e. The van der Waals surface area contributed by atoms with Gasteiger partial charge in [-0.2, -0.15) is 0 Å². The second-order valence-electron chi connectivity index (χ2n) is 10.6. The fourth-order valence-corrected chi connectivity index (χ4v) is 6.02. The van der Waals surface area contributed by atoms with Gasteiger partial charge in [0.25, 0.3) is 5.91 Å². The summed E-state index contributed by atoms with van der Waals surface area (Å²) in [6.45, 7) is 1.74. The number of nitrogens with zero attached hydrogens (tertiary/aromatic N) is 2. The highest BCUT2D eigenvalue weighted by molar-refractivity contribution is 6.31. The van der Waals surface area contributed by atoms with Crippen LogP contribution in [0.1, 0.15) is 60.9 Å². The van der Waals surface area contributed by atoms with Gasteiger partial charge >= 0.3 is 0 Å². The van der Waals surface area contributed by atoms with E-state index in [1.807, 2.05) is 48.5 Å². The van der Waals surface area contributed by atoms with Crippen LogP contribution in [0.4, 0.5) is 0 Å². The predicted molar refractivity (Wildman–Crippen MR) is 138 cm³/mol. The van der Waals surface area contributed by atoms with Crippen LogP contribution in [0.2, 0.25) is 5.02 Å². The summed E-state index contributed by atoms with van der Waals surface area (Å²) in [7, 11) is 1.77. The van der Waals surface area contributed by atoms with Crippen LogP contribution >= 0.6 is 11.6 Å². The number of halogens is 1. The van der Waals surface area contributed by atoms with Gasteiger partial charge in [0.05, 0.1) is 6.54 Å². The lowest BCUT2D eigenvalue weighted by Gasteiger charge is -2.35. The molecule has 1 unspecified atom stereocenters. The van der Waals surface area contributed by atoms with Gasteiger partial charge in [-0.05, 0) is 86.6 Å². The Hall–Kier alpha value is -2.53. The molecule has 1 spiro atoms. The number of hydrogen-bond donors (Lipinski definition) is 0. The summed E-state index contributed by atoms with van der Waals surface area (Å²) in [5.74, 6) is 0.978. The molecule has 2 amide bonds. The molecule has 1 aliphatic heterocycles. The van der Waals surface area contributed by atoms with Crippen molar-refractivity contribution in [2.75, 3.05) is 26.7 Å². The maximum Gasteiger partial charge on any atom is 0.253 e. The number of hydrogen-bond acceptors (Lipinski definition) is 3. The number of amides is 2. The van der Waals surface area contributed by atoms with E-state index in [0.29, 0.717) is 53.3 Å². The Morgan fingerprint density at radius 3 is 2.51 bits per heavy atom. The zero-order valence-corrected chi connectivity index (χ0v) is 21.3.